The van der Waals surface area contributed by atoms with Gasteiger partial charge in [0.1, 0.15) is 0 Å². The molecule has 2 aliphatic heterocycles. The van der Waals surface area contributed by atoms with Gasteiger partial charge < -0.3 is 24.4 Å². The predicted molar refractivity (Wildman–Crippen MR) is 112 cm³/mol. The summed E-state index contributed by atoms with van der Waals surface area (Å²) in [5.74, 6) is 0.780. The highest BCUT2D eigenvalue weighted by Gasteiger charge is 2.21. The van der Waals surface area contributed by atoms with Gasteiger partial charge in [-0.3, -0.25) is 10.1 Å². The summed E-state index contributed by atoms with van der Waals surface area (Å²) in [6.07, 6.45) is 1.27. The van der Waals surface area contributed by atoms with Gasteiger partial charge in [-0.05, 0) is 6.07 Å². The Kier molecular flexibility index (Phi) is 6.33. The van der Waals surface area contributed by atoms with Crippen molar-refractivity contribution >= 4 is 29.7 Å². The monoisotopic (exact) mass is 430 g/mol. The molecule has 31 heavy (non-hydrogen) atoms. The molecule has 164 valence electrons. The molecule has 0 amide bonds. The van der Waals surface area contributed by atoms with E-state index in [1.165, 1.54) is 24.4 Å². The van der Waals surface area contributed by atoms with Crippen molar-refractivity contribution in [2.45, 2.75) is 0 Å². The second kappa shape index (κ2) is 9.49. The topological polar surface area (TPSA) is 151 Å². The summed E-state index contributed by atoms with van der Waals surface area (Å²) in [5.41, 5.74) is 2.54. The number of nitrogens with zero attached hydrogens (tertiary/aromatic N) is 7. The number of benzene rings is 1. The first-order chi connectivity index (χ1) is 15.1. The number of aromatic hydroxyl groups is 1. The first-order valence-electron chi connectivity index (χ1n) is 9.79. The number of hydrogen-bond donors (Lipinski definition) is 2. The summed E-state index contributed by atoms with van der Waals surface area (Å²) in [5, 5.41) is 25.1. The lowest BCUT2D eigenvalue weighted by molar-refractivity contribution is -0.385. The van der Waals surface area contributed by atoms with Crippen molar-refractivity contribution in [3.63, 3.8) is 0 Å². The van der Waals surface area contributed by atoms with Crippen LogP contribution >= 0.6 is 0 Å². The summed E-state index contributed by atoms with van der Waals surface area (Å²) >= 11 is 0. The second-order valence-electron chi connectivity index (χ2n) is 6.80. The summed E-state index contributed by atoms with van der Waals surface area (Å²) < 4.78 is 10.8. The molecule has 0 spiro atoms. The van der Waals surface area contributed by atoms with E-state index in [-0.39, 0.29) is 11.5 Å². The van der Waals surface area contributed by atoms with Gasteiger partial charge in [-0.25, -0.2) is 5.43 Å². The fourth-order valence-corrected chi connectivity index (χ4v) is 3.17. The fraction of sp³-hybridized carbons (Fsp3) is 0.444. The molecule has 1 aromatic carbocycles. The normalized spacial score (nSPS) is 17.2. The van der Waals surface area contributed by atoms with Crippen LogP contribution in [0.15, 0.2) is 23.3 Å². The molecule has 1 aromatic heterocycles. The quantitative estimate of drug-likeness (QED) is 0.376. The van der Waals surface area contributed by atoms with E-state index in [0.29, 0.717) is 64.5 Å². The summed E-state index contributed by atoms with van der Waals surface area (Å²) in [4.78, 5) is 27.8. The van der Waals surface area contributed by atoms with Crippen LogP contribution in [0.4, 0.5) is 23.5 Å². The molecule has 0 unspecified atom stereocenters. The molecule has 0 bridgehead atoms. The van der Waals surface area contributed by atoms with Gasteiger partial charge in [0.25, 0.3) is 0 Å². The number of nitro groups is 1. The van der Waals surface area contributed by atoms with E-state index in [9.17, 15) is 15.2 Å². The maximum Gasteiger partial charge on any atom is 0.311 e. The minimum absolute atomic E-state index is 0.192. The van der Waals surface area contributed by atoms with Crippen LogP contribution in [0.5, 0.6) is 5.75 Å². The molecule has 2 aromatic rings. The highest BCUT2D eigenvalue weighted by atomic mass is 16.6. The zero-order valence-electron chi connectivity index (χ0n) is 16.7. The Morgan fingerprint density at radius 1 is 1.03 bits per heavy atom. The van der Waals surface area contributed by atoms with Crippen LogP contribution in [0.3, 0.4) is 0 Å². The Morgan fingerprint density at radius 3 is 2.16 bits per heavy atom. The minimum Gasteiger partial charge on any atom is -0.502 e. The van der Waals surface area contributed by atoms with Gasteiger partial charge in [-0.2, -0.15) is 20.1 Å². The number of anilines is 3. The minimum atomic E-state index is -0.657. The van der Waals surface area contributed by atoms with Gasteiger partial charge in [0.15, 0.2) is 0 Å². The van der Waals surface area contributed by atoms with E-state index in [1.54, 1.807) is 0 Å². The number of rotatable bonds is 6. The number of hydrazone groups is 1. The van der Waals surface area contributed by atoms with Crippen molar-refractivity contribution in [2.75, 3.05) is 67.8 Å². The number of ether oxygens (including phenoxy) is 2. The van der Waals surface area contributed by atoms with E-state index in [1.807, 2.05) is 9.80 Å². The van der Waals surface area contributed by atoms with Gasteiger partial charge in [0.2, 0.25) is 23.6 Å². The molecule has 2 N–H and O–H groups in total. The smallest absolute Gasteiger partial charge is 0.311 e. The van der Waals surface area contributed by atoms with E-state index < -0.39 is 16.4 Å². The number of hydrogen-bond acceptors (Lipinski definition) is 12. The molecule has 0 atom stereocenters. The predicted octanol–water partition coefficient (Wildman–Crippen LogP) is 0.605. The SMILES string of the molecule is O=[N+]([O-])c1cccc(/C=N/Nc2nc(N3CCOCC3)nc(N3CCOCC3)n2)c1O. The molecular weight excluding hydrogens is 408 g/mol. The van der Waals surface area contributed by atoms with Crippen molar-refractivity contribution in [3.8, 4) is 5.75 Å². The van der Waals surface area contributed by atoms with Crippen LogP contribution in [0.2, 0.25) is 0 Å². The van der Waals surface area contributed by atoms with Crippen molar-refractivity contribution in [1.82, 2.24) is 15.0 Å². The Hall–Kier alpha value is -3.58. The Morgan fingerprint density at radius 2 is 1.61 bits per heavy atom. The fourth-order valence-electron chi connectivity index (χ4n) is 3.17. The molecule has 2 fully saturated rings. The van der Waals surface area contributed by atoms with Crippen LogP contribution in [-0.2, 0) is 9.47 Å². The first kappa shape index (κ1) is 20.7. The van der Waals surface area contributed by atoms with E-state index >= 15 is 0 Å². The average Bonchev–Trinajstić information content (AvgIpc) is 2.81. The zero-order valence-corrected chi connectivity index (χ0v) is 16.7. The van der Waals surface area contributed by atoms with E-state index in [4.69, 9.17) is 9.47 Å². The molecule has 0 saturated carbocycles. The number of para-hydroxylation sites is 1. The van der Waals surface area contributed by atoms with Crippen molar-refractivity contribution in [2.24, 2.45) is 5.10 Å². The first-order valence-corrected chi connectivity index (χ1v) is 9.79. The Labute approximate surface area is 177 Å². The number of aromatic nitrogens is 3. The lowest BCUT2D eigenvalue weighted by Gasteiger charge is -2.30. The lowest BCUT2D eigenvalue weighted by Crippen LogP contribution is -2.40. The zero-order chi connectivity index (χ0) is 21.6. The molecule has 2 saturated heterocycles. The number of nitrogens with one attached hydrogen (secondary N) is 1. The van der Waals surface area contributed by atoms with E-state index in [2.05, 4.69) is 25.5 Å². The third-order valence-corrected chi connectivity index (χ3v) is 4.81. The van der Waals surface area contributed by atoms with Gasteiger partial charge >= 0.3 is 5.69 Å². The van der Waals surface area contributed by atoms with Gasteiger partial charge in [-0.15, -0.1) is 0 Å². The van der Waals surface area contributed by atoms with Crippen molar-refractivity contribution < 1.29 is 19.5 Å². The Balaban J connectivity index is 1.57. The molecule has 2 aliphatic rings. The molecule has 4 rings (SSSR count). The Bertz CT molecular complexity index is 924. The highest BCUT2D eigenvalue weighted by Crippen LogP contribution is 2.28. The van der Waals surface area contributed by atoms with Crippen LogP contribution in [0.1, 0.15) is 5.56 Å². The van der Waals surface area contributed by atoms with Crippen LogP contribution < -0.4 is 15.2 Å². The third-order valence-electron chi connectivity index (χ3n) is 4.81. The summed E-state index contributed by atoms with van der Waals surface area (Å²) in [7, 11) is 0. The standard InChI is InChI=1S/C18H22N8O5/c27-15-13(2-1-3-14(15)26(28)29)12-19-23-16-20-17(24-4-8-30-9-5-24)22-18(21-16)25-6-10-31-11-7-25/h1-3,12,27H,4-11H2,(H,20,21,22,23)/b19-12+. The highest BCUT2D eigenvalue weighted by molar-refractivity contribution is 5.85. The molecule has 13 heteroatoms. The van der Waals surface area contributed by atoms with Gasteiger partial charge in [0.05, 0.1) is 37.6 Å². The van der Waals surface area contributed by atoms with Crippen molar-refractivity contribution in [3.05, 3.63) is 33.9 Å². The van der Waals surface area contributed by atoms with Crippen LogP contribution in [-0.4, -0.2) is 83.8 Å². The molecular formula is C18H22N8O5. The number of morpholine rings is 2. The van der Waals surface area contributed by atoms with Gasteiger partial charge in [0, 0.05) is 37.8 Å². The average molecular weight is 430 g/mol. The van der Waals surface area contributed by atoms with Crippen LogP contribution in [0, 0.1) is 10.1 Å². The maximum absolute atomic E-state index is 11.0. The van der Waals surface area contributed by atoms with Crippen LogP contribution in [0.25, 0.3) is 0 Å². The number of nitro benzene ring substituents is 1. The largest absolute Gasteiger partial charge is 0.502 e. The number of phenolic OH excluding ortho intramolecular Hbond substituents is 1. The maximum atomic E-state index is 11.0. The summed E-state index contributed by atoms with van der Waals surface area (Å²) in [6, 6.07) is 4.20. The van der Waals surface area contributed by atoms with Gasteiger partial charge in [-0.1, -0.05) is 6.07 Å². The van der Waals surface area contributed by atoms with Crippen molar-refractivity contribution in [1.29, 1.82) is 0 Å². The second-order valence-corrected chi connectivity index (χ2v) is 6.80. The molecule has 3 heterocycles. The molecule has 0 aliphatic carbocycles. The third kappa shape index (κ3) is 4.95. The summed E-state index contributed by atoms with van der Waals surface area (Å²) in [6.45, 7) is 5.01. The number of phenols is 1. The lowest BCUT2D eigenvalue weighted by atomic mass is 10.2. The molecule has 0 radical (unpaired) electrons. The molecule has 13 nitrogen and oxygen atoms in total. The van der Waals surface area contributed by atoms with E-state index in [0.717, 1.165) is 0 Å².